The topological polar surface area (TPSA) is 158 Å². The zero-order valence-corrected chi connectivity index (χ0v) is 25.0. The first kappa shape index (κ1) is 36.5. The highest BCUT2D eigenvalue weighted by molar-refractivity contribution is 5.87. The molecule has 4 aliphatic heterocycles. The quantitative estimate of drug-likeness (QED) is 0.207. The summed E-state index contributed by atoms with van der Waals surface area (Å²) in [6.45, 7) is 16.2. The fourth-order valence-electron chi connectivity index (χ4n) is 5.47. The predicted molar refractivity (Wildman–Crippen MR) is 150 cm³/mol. The molecule has 234 valence electrons. The molecule has 0 spiro atoms. The van der Waals surface area contributed by atoms with E-state index in [2.05, 4.69) is 24.5 Å². The smallest absolute Gasteiger partial charge is 0.333 e. The number of carbonyl (C=O) groups excluding carboxylic acids is 3. The maximum atomic E-state index is 11.5. The maximum Gasteiger partial charge on any atom is 0.333 e. The Hall–Kier alpha value is -2.57. The van der Waals surface area contributed by atoms with Crippen LogP contribution in [0, 0.1) is 23.7 Å². The molecular formula is C30H48O11. The van der Waals surface area contributed by atoms with Gasteiger partial charge in [0.15, 0.2) is 0 Å². The first-order valence-electron chi connectivity index (χ1n) is 13.8. The fraction of sp³-hybridized carbons (Fsp3) is 0.700. The van der Waals surface area contributed by atoms with Crippen molar-refractivity contribution in [3.8, 4) is 0 Å². The van der Waals surface area contributed by atoms with E-state index >= 15 is 0 Å². The van der Waals surface area contributed by atoms with Gasteiger partial charge < -0.3 is 39.0 Å². The molecule has 0 amide bonds. The van der Waals surface area contributed by atoms with Crippen LogP contribution in [-0.2, 0) is 38.1 Å². The van der Waals surface area contributed by atoms with Crippen LogP contribution < -0.4 is 0 Å². The van der Waals surface area contributed by atoms with Gasteiger partial charge in [0.2, 0.25) is 0 Å². The molecule has 41 heavy (non-hydrogen) atoms. The molecule has 8 atom stereocenters. The van der Waals surface area contributed by atoms with Gasteiger partial charge in [-0.05, 0) is 46.5 Å². The van der Waals surface area contributed by atoms with Gasteiger partial charge in [-0.25, -0.2) is 14.4 Å². The SMILES string of the molecule is C=C(C)C(=O)OC.C=C(C)C(=O)OCC1C2CCC(O2)C1COC(=O)C(=C)C.CO.OCC1C2CCC(O2)C1CO. The van der Waals surface area contributed by atoms with E-state index in [1.165, 1.54) is 7.11 Å². The Bertz CT molecular complexity index is 856. The lowest BCUT2D eigenvalue weighted by Gasteiger charge is -2.27. The Morgan fingerprint density at radius 1 is 0.634 bits per heavy atom. The van der Waals surface area contributed by atoms with Crippen LogP contribution in [0.5, 0.6) is 0 Å². The molecule has 8 unspecified atom stereocenters. The number of hydrogen-bond donors (Lipinski definition) is 3. The second-order valence-electron chi connectivity index (χ2n) is 10.6. The van der Waals surface area contributed by atoms with Gasteiger partial charge in [-0.1, -0.05) is 19.7 Å². The van der Waals surface area contributed by atoms with E-state index in [-0.39, 0.29) is 80.5 Å². The number of hydrogen-bond acceptors (Lipinski definition) is 11. The third-order valence-electron chi connectivity index (χ3n) is 7.65. The molecule has 4 aliphatic rings. The molecule has 0 radical (unpaired) electrons. The second kappa shape index (κ2) is 18.1. The van der Waals surface area contributed by atoms with Crippen molar-refractivity contribution in [1.82, 2.24) is 0 Å². The van der Waals surface area contributed by atoms with Crippen molar-refractivity contribution in [3.63, 3.8) is 0 Å². The lowest BCUT2D eigenvalue weighted by atomic mass is 9.80. The van der Waals surface area contributed by atoms with Gasteiger partial charge in [0, 0.05) is 60.7 Å². The molecular weight excluding hydrogens is 536 g/mol. The fourth-order valence-corrected chi connectivity index (χ4v) is 5.47. The summed E-state index contributed by atoms with van der Waals surface area (Å²) < 4.78 is 26.2. The number of aliphatic hydroxyl groups is 3. The van der Waals surface area contributed by atoms with Crippen molar-refractivity contribution in [2.75, 3.05) is 40.6 Å². The molecule has 4 saturated heterocycles. The molecule has 0 saturated carbocycles. The van der Waals surface area contributed by atoms with Crippen molar-refractivity contribution in [2.24, 2.45) is 23.7 Å². The highest BCUT2D eigenvalue weighted by Gasteiger charge is 2.50. The van der Waals surface area contributed by atoms with Gasteiger partial charge in [-0.2, -0.15) is 0 Å². The molecule has 11 nitrogen and oxygen atoms in total. The number of esters is 3. The van der Waals surface area contributed by atoms with Crippen LogP contribution >= 0.6 is 0 Å². The van der Waals surface area contributed by atoms with E-state index in [1.807, 2.05) is 0 Å². The molecule has 4 heterocycles. The summed E-state index contributed by atoms with van der Waals surface area (Å²) in [7, 11) is 2.33. The third kappa shape index (κ3) is 10.3. The molecule has 4 bridgehead atoms. The number of carbonyl (C=O) groups is 3. The highest BCUT2D eigenvalue weighted by atomic mass is 16.6. The van der Waals surface area contributed by atoms with E-state index in [9.17, 15) is 14.4 Å². The highest BCUT2D eigenvalue weighted by Crippen LogP contribution is 2.44. The van der Waals surface area contributed by atoms with Crippen LogP contribution in [0.25, 0.3) is 0 Å². The molecule has 11 heteroatoms. The van der Waals surface area contributed by atoms with Crippen molar-refractivity contribution in [1.29, 1.82) is 0 Å². The van der Waals surface area contributed by atoms with Gasteiger partial charge in [0.25, 0.3) is 0 Å². The number of methoxy groups -OCH3 is 1. The predicted octanol–water partition coefficient (Wildman–Crippen LogP) is 2.13. The van der Waals surface area contributed by atoms with Crippen LogP contribution in [-0.4, -0.2) is 98.3 Å². The first-order valence-corrected chi connectivity index (χ1v) is 13.8. The number of rotatable bonds is 9. The Kier molecular flexibility index (Phi) is 16.1. The zero-order valence-electron chi connectivity index (χ0n) is 25.0. The van der Waals surface area contributed by atoms with Crippen molar-refractivity contribution < 1.29 is 53.4 Å². The largest absolute Gasteiger partial charge is 0.466 e. The van der Waals surface area contributed by atoms with E-state index in [0.29, 0.717) is 16.7 Å². The van der Waals surface area contributed by atoms with Gasteiger partial charge >= 0.3 is 17.9 Å². The summed E-state index contributed by atoms with van der Waals surface area (Å²) in [6, 6.07) is 0. The van der Waals surface area contributed by atoms with Gasteiger partial charge in [0.1, 0.15) is 0 Å². The first-order chi connectivity index (χ1) is 19.4. The molecule has 0 aromatic rings. The molecule has 0 aliphatic carbocycles. The maximum absolute atomic E-state index is 11.5. The normalized spacial score (nSPS) is 29.9. The van der Waals surface area contributed by atoms with Crippen LogP contribution in [0.4, 0.5) is 0 Å². The average Bonchev–Trinajstić information content (AvgIpc) is 3.77. The number of ether oxygens (including phenoxy) is 5. The minimum Gasteiger partial charge on any atom is -0.466 e. The zero-order chi connectivity index (χ0) is 31.3. The van der Waals surface area contributed by atoms with E-state index < -0.39 is 11.9 Å². The lowest BCUT2D eigenvalue weighted by Crippen LogP contribution is -2.35. The van der Waals surface area contributed by atoms with E-state index in [0.717, 1.165) is 32.8 Å². The van der Waals surface area contributed by atoms with Crippen molar-refractivity contribution in [2.45, 2.75) is 70.9 Å². The molecule has 4 fully saturated rings. The molecule has 0 aromatic heterocycles. The number of fused-ring (bicyclic) bond motifs is 4. The minimum atomic E-state index is -0.393. The summed E-state index contributed by atoms with van der Waals surface area (Å²) in [5, 5.41) is 25.0. The lowest BCUT2D eigenvalue weighted by molar-refractivity contribution is -0.145. The molecule has 0 aromatic carbocycles. The molecule has 4 rings (SSSR count). The molecule has 3 N–H and O–H groups in total. The van der Waals surface area contributed by atoms with Crippen LogP contribution in [0.3, 0.4) is 0 Å². The van der Waals surface area contributed by atoms with Crippen LogP contribution in [0.1, 0.15) is 46.5 Å². The Labute approximate surface area is 243 Å². The van der Waals surface area contributed by atoms with E-state index in [4.69, 9.17) is 34.3 Å². The Morgan fingerprint density at radius 2 is 0.927 bits per heavy atom. The van der Waals surface area contributed by atoms with Crippen molar-refractivity contribution in [3.05, 3.63) is 36.5 Å². The third-order valence-corrected chi connectivity index (χ3v) is 7.65. The summed E-state index contributed by atoms with van der Waals surface area (Å²) in [5.41, 5.74) is 1.19. The van der Waals surface area contributed by atoms with Gasteiger partial charge in [-0.3, -0.25) is 0 Å². The van der Waals surface area contributed by atoms with Gasteiger partial charge in [-0.15, -0.1) is 0 Å². The summed E-state index contributed by atoms with van der Waals surface area (Å²) in [4.78, 5) is 33.2. The van der Waals surface area contributed by atoms with Crippen LogP contribution in [0.15, 0.2) is 36.5 Å². The van der Waals surface area contributed by atoms with Gasteiger partial charge in [0.05, 0.1) is 44.7 Å². The Balaban J connectivity index is 0.000000349. The monoisotopic (exact) mass is 584 g/mol. The van der Waals surface area contributed by atoms with E-state index in [1.54, 1.807) is 20.8 Å². The summed E-state index contributed by atoms with van der Waals surface area (Å²) >= 11 is 0. The van der Waals surface area contributed by atoms with Crippen LogP contribution in [0.2, 0.25) is 0 Å². The number of aliphatic hydroxyl groups excluding tert-OH is 3. The summed E-state index contributed by atoms with van der Waals surface area (Å²) in [5.74, 6) is -0.599. The van der Waals surface area contributed by atoms with Crippen molar-refractivity contribution >= 4 is 17.9 Å². The average molecular weight is 585 g/mol. The standard InChI is InChI=1S/C16H22O5.C8H14O3.C5H8O2.CH4O/c1-9(2)15(17)19-7-11-12(8-20-16(18)10(3)4)14-6-5-13(11)21-14;9-3-5-6(4-10)8-2-1-7(5)11-8;1-4(2)5(6)7-3;1-2/h11-14H,1,3,5-8H2,2,4H3;5-10H,1-4H2;1H2,2-3H3;2H,1H3. The minimum absolute atomic E-state index is 0.0740. The Morgan fingerprint density at radius 3 is 1.15 bits per heavy atom. The second-order valence-corrected chi connectivity index (χ2v) is 10.6. The summed E-state index contributed by atoms with van der Waals surface area (Å²) in [6.07, 6.45) is 4.67.